The molecule has 7 heteroatoms. The Labute approximate surface area is 127 Å². The van der Waals surface area contributed by atoms with Crippen molar-refractivity contribution in [2.45, 2.75) is 50.9 Å². The molecule has 1 N–H and O–H groups in total. The van der Waals surface area contributed by atoms with Crippen molar-refractivity contribution in [1.29, 1.82) is 0 Å². The minimum Gasteiger partial charge on any atom is -0.333 e. The van der Waals surface area contributed by atoms with E-state index in [1.165, 1.54) is 43.4 Å². The number of nitrogens with zero attached hydrogens (tertiary/aromatic N) is 3. The fourth-order valence-corrected chi connectivity index (χ4v) is 3.93. The molecule has 1 aliphatic heterocycles. The molecule has 21 heavy (non-hydrogen) atoms. The average Bonchev–Trinajstić information content (AvgIpc) is 3.10. The Hall–Kier alpha value is -1.50. The molecule has 0 atom stereocenters. The zero-order valence-corrected chi connectivity index (χ0v) is 12.8. The smallest absolute Gasteiger partial charge is 0.245 e. The molecule has 6 nitrogen and oxygen atoms in total. The minimum absolute atomic E-state index is 0.0605. The second kappa shape index (κ2) is 6.51. The van der Waals surface area contributed by atoms with Crippen LogP contribution in [0, 0.1) is 0 Å². The summed E-state index contributed by atoms with van der Waals surface area (Å²) in [5.74, 6) is 0.379. The largest absolute Gasteiger partial charge is 0.333 e. The van der Waals surface area contributed by atoms with Crippen molar-refractivity contribution in [3.8, 4) is 0 Å². The first-order chi connectivity index (χ1) is 10.2. The second-order valence-electron chi connectivity index (χ2n) is 5.75. The van der Waals surface area contributed by atoms with Gasteiger partial charge in [-0.3, -0.25) is 14.9 Å². The summed E-state index contributed by atoms with van der Waals surface area (Å²) >= 11 is 1.47. The van der Waals surface area contributed by atoms with Gasteiger partial charge < -0.3 is 4.90 Å². The normalized spacial score (nSPS) is 20.0. The summed E-state index contributed by atoms with van der Waals surface area (Å²) in [5, 5.41) is 12.6. The van der Waals surface area contributed by atoms with Crippen LogP contribution in [0.25, 0.3) is 0 Å². The lowest BCUT2D eigenvalue weighted by atomic mass is 9.90. The van der Waals surface area contributed by atoms with Crippen molar-refractivity contribution in [3.05, 3.63) is 5.01 Å². The first-order valence-electron chi connectivity index (χ1n) is 7.63. The van der Waals surface area contributed by atoms with Crippen LogP contribution in [0.3, 0.4) is 0 Å². The molecule has 2 heterocycles. The summed E-state index contributed by atoms with van der Waals surface area (Å²) < 4.78 is 0. The van der Waals surface area contributed by atoms with Gasteiger partial charge in [-0.2, -0.15) is 0 Å². The van der Waals surface area contributed by atoms with Gasteiger partial charge in [0, 0.05) is 18.9 Å². The van der Waals surface area contributed by atoms with Crippen molar-refractivity contribution >= 4 is 28.3 Å². The van der Waals surface area contributed by atoms with E-state index in [1.54, 1.807) is 4.90 Å². The summed E-state index contributed by atoms with van der Waals surface area (Å²) in [6.07, 6.45) is 7.55. The number of carbonyl (C=O) groups is 2. The van der Waals surface area contributed by atoms with Crippen molar-refractivity contribution < 1.29 is 9.59 Å². The van der Waals surface area contributed by atoms with E-state index < -0.39 is 0 Å². The molecule has 1 aliphatic carbocycles. The topological polar surface area (TPSA) is 75.2 Å². The predicted octanol–water partition coefficient (Wildman–Crippen LogP) is 2.15. The van der Waals surface area contributed by atoms with Gasteiger partial charge in [0.25, 0.3) is 0 Å². The molecule has 0 aromatic carbocycles. The Morgan fingerprint density at radius 2 is 2.05 bits per heavy atom. The van der Waals surface area contributed by atoms with Crippen LogP contribution >= 0.6 is 11.3 Å². The first-order valence-corrected chi connectivity index (χ1v) is 8.45. The van der Waals surface area contributed by atoms with Gasteiger partial charge in [-0.25, -0.2) is 0 Å². The number of amides is 2. The van der Waals surface area contributed by atoms with Crippen LogP contribution in [-0.4, -0.2) is 40.0 Å². The standard InChI is InChI=1S/C14H20N4O2S/c19-11(9-18-8-4-7-12(18)20)15-14-17-16-13(21-14)10-5-2-1-3-6-10/h10H,1-9H2,(H,15,17,19). The second-order valence-corrected chi connectivity index (χ2v) is 6.76. The van der Waals surface area contributed by atoms with Crippen LogP contribution in [0.4, 0.5) is 5.13 Å². The highest BCUT2D eigenvalue weighted by Crippen LogP contribution is 2.35. The molecule has 1 saturated heterocycles. The summed E-state index contributed by atoms with van der Waals surface area (Å²) in [7, 11) is 0. The Bertz CT molecular complexity index is 525. The Morgan fingerprint density at radius 3 is 2.76 bits per heavy atom. The third-order valence-electron chi connectivity index (χ3n) is 4.15. The van der Waals surface area contributed by atoms with Gasteiger partial charge in [0.1, 0.15) is 5.01 Å². The van der Waals surface area contributed by atoms with Crippen LogP contribution in [0.5, 0.6) is 0 Å². The predicted molar refractivity (Wildman–Crippen MR) is 80.2 cm³/mol. The van der Waals surface area contributed by atoms with Crippen molar-refractivity contribution in [1.82, 2.24) is 15.1 Å². The molecule has 0 radical (unpaired) electrons. The van der Waals surface area contributed by atoms with Gasteiger partial charge in [0.05, 0.1) is 6.54 Å². The van der Waals surface area contributed by atoms with Gasteiger partial charge in [-0.1, -0.05) is 30.6 Å². The number of likely N-dealkylation sites (tertiary alicyclic amines) is 1. The monoisotopic (exact) mass is 308 g/mol. The van der Waals surface area contributed by atoms with Crippen molar-refractivity contribution in [2.24, 2.45) is 0 Å². The quantitative estimate of drug-likeness (QED) is 0.924. The van der Waals surface area contributed by atoms with Crippen molar-refractivity contribution in [2.75, 3.05) is 18.4 Å². The minimum atomic E-state index is -0.184. The third kappa shape index (κ3) is 3.58. The van der Waals surface area contributed by atoms with Gasteiger partial charge in [0.15, 0.2) is 0 Å². The average molecular weight is 308 g/mol. The molecule has 3 rings (SSSR count). The first kappa shape index (κ1) is 14.4. The molecular formula is C14H20N4O2S. The van der Waals surface area contributed by atoms with Crippen LogP contribution in [0.1, 0.15) is 55.9 Å². The summed E-state index contributed by atoms with van der Waals surface area (Å²) in [4.78, 5) is 25.0. The molecule has 1 aromatic rings. The highest BCUT2D eigenvalue weighted by molar-refractivity contribution is 7.15. The Morgan fingerprint density at radius 1 is 1.24 bits per heavy atom. The van der Waals surface area contributed by atoms with E-state index in [9.17, 15) is 9.59 Å². The van der Waals surface area contributed by atoms with Crippen LogP contribution < -0.4 is 5.32 Å². The maximum absolute atomic E-state index is 11.9. The van der Waals surface area contributed by atoms with E-state index in [0.717, 1.165) is 11.4 Å². The Kier molecular flexibility index (Phi) is 4.48. The number of anilines is 1. The zero-order valence-electron chi connectivity index (χ0n) is 12.0. The molecule has 2 amide bonds. The number of carbonyl (C=O) groups excluding carboxylic acids is 2. The third-order valence-corrected chi connectivity index (χ3v) is 5.15. The van der Waals surface area contributed by atoms with Gasteiger partial charge in [-0.05, 0) is 19.3 Å². The molecule has 1 saturated carbocycles. The lowest BCUT2D eigenvalue weighted by Crippen LogP contribution is -2.33. The molecular weight excluding hydrogens is 288 g/mol. The van der Waals surface area contributed by atoms with Crippen LogP contribution in [0.15, 0.2) is 0 Å². The van der Waals surface area contributed by atoms with Gasteiger partial charge in [0.2, 0.25) is 16.9 Å². The van der Waals surface area contributed by atoms with Crippen LogP contribution in [0.2, 0.25) is 0 Å². The van der Waals surface area contributed by atoms with Crippen LogP contribution in [-0.2, 0) is 9.59 Å². The van der Waals surface area contributed by atoms with E-state index in [-0.39, 0.29) is 18.4 Å². The molecule has 1 aromatic heterocycles. The lowest BCUT2D eigenvalue weighted by molar-refractivity contribution is -0.131. The summed E-state index contributed by atoms with van der Waals surface area (Å²) in [6.45, 7) is 0.798. The Balaban J connectivity index is 1.54. The number of hydrogen-bond acceptors (Lipinski definition) is 5. The fraction of sp³-hybridized carbons (Fsp3) is 0.714. The highest BCUT2D eigenvalue weighted by atomic mass is 32.1. The molecule has 114 valence electrons. The van der Waals surface area contributed by atoms with Crippen molar-refractivity contribution in [3.63, 3.8) is 0 Å². The molecule has 0 bridgehead atoms. The SMILES string of the molecule is O=C(CN1CCCC1=O)Nc1nnc(C2CCCCC2)s1. The van der Waals surface area contributed by atoms with E-state index in [1.807, 2.05) is 0 Å². The molecule has 2 fully saturated rings. The number of rotatable bonds is 4. The highest BCUT2D eigenvalue weighted by Gasteiger charge is 2.23. The fourth-order valence-electron chi connectivity index (χ4n) is 3.00. The van der Waals surface area contributed by atoms with Gasteiger partial charge >= 0.3 is 0 Å². The van der Waals surface area contributed by atoms with E-state index in [2.05, 4.69) is 15.5 Å². The van der Waals surface area contributed by atoms with E-state index in [0.29, 0.717) is 24.0 Å². The molecule has 0 spiro atoms. The van der Waals surface area contributed by atoms with Gasteiger partial charge in [-0.15, -0.1) is 10.2 Å². The maximum Gasteiger partial charge on any atom is 0.245 e. The van der Waals surface area contributed by atoms with E-state index in [4.69, 9.17) is 0 Å². The number of hydrogen-bond donors (Lipinski definition) is 1. The summed E-state index contributed by atoms with van der Waals surface area (Å²) in [5.41, 5.74) is 0. The molecule has 0 unspecified atom stereocenters. The molecule has 2 aliphatic rings. The summed E-state index contributed by atoms with van der Waals surface area (Å²) in [6, 6.07) is 0. The van der Waals surface area contributed by atoms with E-state index >= 15 is 0 Å². The zero-order chi connectivity index (χ0) is 14.7. The maximum atomic E-state index is 11.9. The lowest BCUT2D eigenvalue weighted by Gasteiger charge is -2.18. The number of nitrogens with one attached hydrogen (secondary N) is 1. The number of aromatic nitrogens is 2.